The summed E-state index contributed by atoms with van der Waals surface area (Å²) in [6.07, 6.45) is 0. The molecule has 1 aromatic rings. The Morgan fingerprint density at radius 3 is 2.26 bits per heavy atom. The summed E-state index contributed by atoms with van der Waals surface area (Å²) in [6.45, 7) is 10.5. The Morgan fingerprint density at radius 2 is 1.68 bits per heavy atom. The largest absolute Gasteiger partial charge is 0.382 e. The van der Waals surface area contributed by atoms with Gasteiger partial charge in [-0.1, -0.05) is 39.8 Å². The van der Waals surface area contributed by atoms with Gasteiger partial charge < -0.3 is 5.32 Å². The molecule has 4 nitrogen and oxygen atoms in total. The molecule has 1 unspecified atom stereocenters. The van der Waals surface area contributed by atoms with Gasteiger partial charge in [-0.25, -0.2) is 8.42 Å². The van der Waals surface area contributed by atoms with Gasteiger partial charge in [0.2, 0.25) is 10.0 Å². The number of rotatable bonds is 0. The van der Waals surface area contributed by atoms with E-state index in [1.807, 2.05) is 40.7 Å². The first-order chi connectivity index (χ1) is 9.03. The van der Waals surface area contributed by atoms with E-state index >= 15 is 0 Å². The number of hydrogen-bond donors (Lipinski definition) is 1. The molecule has 1 aliphatic heterocycles. The Morgan fingerprint density at radius 1 is 1.16 bits per heavy atom. The van der Waals surface area contributed by atoms with Crippen LogP contribution in [0, 0.1) is 0 Å². The van der Waals surface area contributed by atoms with Crippen LogP contribution in [0.4, 0.5) is 5.69 Å². The molecule has 0 radical (unpaired) electrons. The normalized spacial score (nSPS) is 20.4. The minimum atomic E-state index is -3.34. The Kier molecular flexibility index (Phi) is 7.71. The van der Waals surface area contributed by atoms with Gasteiger partial charge in [-0.3, -0.25) is 0 Å². The highest BCUT2D eigenvalue weighted by molar-refractivity contribution is 7.89. The maximum absolute atomic E-state index is 12.1. The smallest absolute Gasteiger partial charge is 0.245 e. The molecule has 0 aliphatic carbocycles. The Hall–Kier alpha value is -1.07. The van der Waals surface area contributed by atoms with Gasteiger partial charge >= 0.3 is 0 Å². The highest BCUT2D eigenvalue weighted by Crippen LogP contribution is 2.27. The second kappa shape index (κ2) is 8.17. The molecular weight excluding hydrogens is 260 g/mol. The van der Waals surface area contributed by atoms with Crippen molar-refractivity contribution in [1.29, 1.82) is 0 Å². The zero-order valence-corrected chi connectivity index (χ0v) is 13.6. The molecule has 110 valence electrons. The maximum atomic E-state index is 12.1. The van der Waals surface area contributed by atoms with E-state index < -0.39 is 10.0 Å². The number of hydrogen-bond acceptors (Lipinski definition) is 3. The molecule has 0 amide bonds. The molecule has 1 N–H and O–H groups in total. The third kappa shape index (κ3) is 3.94. The van der Waals surface area contributed by atoms with Crippen molar-refractivity contribution in [2.45, 2.75) is 45.6 Å². The van der Waals surface area contributed by atoms with Gasteiger partial charge in [-0.2, -0.15) is 4.31 Å². The molecule has 5 heteroatoms. The summed E-state index contributed by atoms with van der Waals surface area (Å²) in [5.41, 5.74) is 0.689. The van der Waals surface area contributed by atoms with E-state index in [9.17, 15) is 8.42 Å². The molecule has 1 aliphatic rings. The highest BCUT2D eigenvalue weighted by atomic mass is 32.2. The lowest BCUT2D eigenvalue weighted by Gasteiger charge is -2.20. The topological polar surface area (TPSA) is 49.4 Å². The van der Waals surface area contributed by atoms with Crippen molar-refractivity contribution < 1.29 is 8.42 Å². The van der Waals surface area contributed by atoms with Gasteiger partial charge in [0.15, 0.2) is 0 Å². The van der Waals surface area contributed by atoms with Crippen LogP contribution in [0.5, 0.6) is 0 Å². The molecule has 1 aromatic carbocycles. The van der Waals surface area contributed by atoms with Gasteiger partial charge in [-0.05, 0) is 19.1 Å². The number of para-hydroxylation sites is 1. The highest BCUT2D eigenvalue weighted by Gasteiger charge is 2.30. The van der Waals surface area contributed by atoms with Gasteiger partial charge in [0.05, 0.1) is 5.69 Å². The molecule has 0 fully saturated rings. The first-order valence-corrected chi connectivity index (χ1v) is 8.28. The molecule has 0 bridgehead atoms. The average Bonchev–Trinajstić information content (AvgIpc) is 2.55. The molecular formula is C14H26N2O2S. The number of nitrogens with zero attached hydrogens (tertiary/aromatic N) is 1. The SMILES string of the molecule is CC.CC.CC1CNc2ccccc2S(=O)(=O)N1C. The van der Waals surface area contributed by atoms with Crippen molar-refractivity contribution in [2.75, 3.05) is 18.9 Å². The minimum Gasteiger partial charge on any atom is -0.382 e. The Bertz CT molecular complexity index is 472. The van der Waals surface area contributed by atoms with Crippen LogP contribution in [0.3, 0.4) is 0 Å². The van der Waals surface area contributed by atoms with E-state index in [2.05, 4.69) is 5.32 Å². The number of fused-ring (bicyclic) bond motifs is 1. The van der Waals surface area contributed by atoms with Gasteiger partial charge in [0, 0.05) is 19.6 Å². The zero-order chi connectivity index (χ0) is 15.1. The van der Waals surface area contributed by atoms with E-state index in [-0.39, 0.29) is 6.04 Å². The summed E-state index contributed by atoms with van der Waals surface area (Å²) in [7, 11) is -1.72. The summed E-state index contributed by atoms with van der Waals surface area (Å²) >= 11 is 0. The fourth-order valence-corrected chi connectivity index (χ4v) is 3.14. The van der Waals surface area contributed by atoms with Crippen LogP contribution < -0.4 is 5.32 Å². The third-order valence-electron chi connectivity index (χ3n) is 2.75. The average molecular weight is 286 g/mol. The van der Waals surface area contributed by atoms with Crippen LogP contribution >= 0.6 is 0 Å². The second-order valence-corrected chi connectivity index (χ2v) is 5.71. The second-order valence-electron chi connectivity index (χ2n) is 3.75. The first-order valence-electron chi connectivity index (χ1n) is 6.84. The van der Waals surface area contributed by atoms with E-state index in [0.717, 1.165) is 0 Å². The fourth-order valence-electron chi connectivity index (χ4n) is 1.62. The zero-order valence-electron chi connectivity index (χ0n) is 12.8. The van der Waals surface area contributed by atoms with Crippen LogP contribution in [0.25, 0.3) is 0 Å². The van der Waals surface area contributed by atoms with Gasteiger partial charge in [0.1, 0.15) is 4.90 Å². The molecule has 0 saturated heterocycles. The lowest BCUT2D eigenvalue weighted by atomic mass is 10.3. The predicted molar refractivity (Wildman–Crippen MR) is 82.0 cm³/mol. The molecule has 0 spiro atoms. The van der Waals surface area contributed by atoms with Crippen LogP contribution in [0.15, 0.2) is 29.2 Å². The van der Waals surface area contributed by atoms with Crippen LogP contribution in [0.1, 0.15) is 34.6 Å². The van der Waals surface area contributed by atoms with Crippen molar-refractivity contribution in [2.24, 2.45) is 0 Å². The minimum absolute atomic E-state index is 0.0394. The van der Waals surface area contributed by atoms with Crippen LogP contribution in [-0.4, -0.2) is 32.4 Å². The molecule has 2 rings (SSSR count). The number of likely N-dealkylation sites (N-methyl/N-ethyl adjacent to an activating group) is 1. The number of benzene rings is 1. The standard InChI is InChI=1S/C10H14N2O2S.2C2H6/c1-8-7-11-9-5-3-4-6-10(9)15(13,14)12(8)2;2*1-2/h3-6,8,11H,7H2,1-2H3;2*1-2H3. The summed E-state index contributed by atoms with van der Waals surface area (Å²) in [6, 6.07) is 6.95. The lowest BCUT2D eigenvalue weighted by Crippen LogP contribution is -2.36. The van der Waals surface area contributed by atoms with Crippen molar-refractivity contribution in [3.05, 3.63) is 24.3 Å². The summed E-state index contributed by atoms with van der Waals surface area (Å²) in [4.78, 5) is 0.358. The monoisotopic (exact) mass is 286 g/mol. The van der Waals surface area contributed by atoms with Crippen molar-refractivity contribution in [3.63, 3.8) is 0 Å². The number of nitrogens with one attached hydrogen (secondary N) is 1. The Labute approximate surface area is 117 Å². The van der Waals surface area contributed by atoms with Gasteiger partial charge in [0.25, 0.3) is 0 Å². The number of anilines is 1. The van der Waals surface area contributed by atoms with E-state index in [4.69, 9.17) is 0 Å². The van der Waals surface area contributed by atoms with Crippen LogP contribution in [-0.2, 0) is 10.0 Å². The fraction of sp³-hybridized carbons (Fsp3) is 0.571. The van der Waals surface area contributed by atoms with E-state index in [0.29, 0.717) is 17.1 Å². The lowest BCUT2D eigenvalue weighted by molar-refractivity contribution is 0.405. The van der Waals surface area contributed by atoms with Crippen molar-refractivity contribution >= 4 is 15.7 Å². The summed E-state index contributed by atoms with van der Waals surface area (Å²) in [5, 5.41) is 3.14. The molecule has 19 heavy (non-hydrogen) atoms. The van der Waals surface area contributed by atoms with Crippen molar-refractivity contribution in [3.8, 4) is 0 Å². The van der Waals surface area contributed by atoms with Gasteiger partial charge in [-0.15, -0.1) is 0 Å². The van der Waals surface area contributed by atoms with E-state index in [1.165, 1.54) is 4.31 Å². The van der Waals surface area contributed by atoms with Crippen molar-refractivity contribution in [1.82, 2.24) is 4.31 Å². The van der Waals surface area contributed by atoms with E-state index in [1.54, 1.807) is 25.2 Å². The summed E-state index contributed by atoms with van der Waals surface area (Å²) in [5.74, 6) is 0. The molecule has 1 atom stereocenters. The maximum Gasteiger partial charge on any atom is 0.245 e. The van der Waals surface area contributed by atoms with Crippen LogP contribution in [0.2, 0.25) is 0 Å². The molecule has 0 saturated carbocycles. The first kappa shape index (κ1) is 17.9. The molecule has 1 heterocycles. The predicted octanol–water partition coefficient (Wildman–Crippen LogP) is 3.17. The Balaban J connectivity index is 0.000000741. The summed E-state index contributed by atoms with van der Waals surface area (Å²) < 4.78 is 25.6. The number of sulfonamides is 1. The molecule has 0 aromatic heterocycles. The quantitative estimate of drug-likeness (QED) is 0.797. The third-order valence-corrected chi connectivity index (χ3v) is 4.78.